The van der Waals surface area contributed by atoms with E-state index in [2.05, 4.69) is 16.4 Å². The van der Waals surface area contributed by atoms with Crippen LogP contribution in [0.25, 0.3) is 0 Å². The Kier molecular flexibility index (Phi) is 5.84. The SMILES string of the molecule is C#CCCNC(CC)C(N)=NO. The highest BCUT2D eigenvalue weighted by Gasteiger charge is 2.08. The van der Waals surface area contributed by atoms with E-state index in [0.717, 1.165) is 6.42 Å². The Morgan fingerprint density at radius 2 is 2.50 bits per heavy atom. The maximum Gasteiger partial charge on any atom is 0.156 e. The van der Waals surface area contributed by atoms with Crippen molar-refractivity contribution in [1.82, 2.24) is 5.32 Å². The van der Waals surface area contributed by atoms with Crippen LogP contribution in [0.15, 0.2) is 5.16 Å². The summed E-state index contributed by atoms with van der Waals surface area (Å²) >= 11 is 0. The van der Waals surface area contributed by atoms with Gasteiger partial charge in [-0.05, 0) is 6.42 Å². The van der Waals surface area contributed by atoms with Gasteiger partial charge in [-0.15, -0.1) is 12.3 Å². The summed E-state index contributed by atoms with van der Waals surface area (Å²) in [6.45, 7) is 2.64. The minimum Gasteiger partial charge on any atom is -0.409 e. The van der Waals surface area contributed by atoms with Gasteiger partial charge in [0.1, 0.15) is 0 Å². The molecule has 0 amide bonds. The molecule has 0 aliphatic carbocycles. The number of rotatable bonds is 5. The fourth-order valence-corrected chi connectivity index (χ4v) is 0.846. The van der Waals surface area contributed by atoms with Gasteiger partial charge in [-0.25, -0.2) is 0 Å². The third kappa shape index (κ3) is 3.84. The van der Waals surface area contributed by atoms with Crippen LogP contribution in [0.5, 0.6) is 0 Å². The largest absolute Gasteiger partial charge is 0.409 e. The molecule has 0 radical (unpaired) electrons. The first kappa shape index (κ1) is 10.8. The van der Waals surface area contributed by atoms with Crippen molar-refractivity contribution in [3.63, 3.8) is 0 Å². The van der Waals surface area contributed by atoms with Gasteiger partial charge >= 0.3 is 0 Å². The summed E-state index contributed by atoms with van der Waals surface area (Å²) in [4.78, 5) is 0. The van der Waals surface area contributed by atoms with Gasteiger partial charge in [-0.3, -0.25) is 0 Å². The second-order valence-electron chi connectivity index (χ2n) is 2.39. The summed E-state index contributed by atoms with van der Waals surface area (Å²) < 4.78 is 0. The predicted molar refractivity (Wildman–Crippen MR) is 48.9 cm³/mol. The quantitative estimate of drug-likeness (QED) is 0.137. The van der Waals surface area contributed by atoms with Crippen molar-refractivity contribution in [1.29, 1.82) is 0 Å². The topological polar surface area (TPSA) is 70.6 Å². The molecule has 0 aliphatic heterocycles. The van der Waals surface area contributed by atoms with Gasteiger partial charge in [-0.1, -0.05) is 12.1 Å². The van der Waals surface area contributed by atoms with E-state index in [1.807, 2.05) is 6.92 Å². The van der Waals surface area contributed by atoms with E-state index in [-0.39, 0.29) is 11.9 Å². The van der Waals surface area contributed by atoms with Gasteiger partial charge in [0.25, 0.3) is 0 Å². The molecule has 0 bridgehead atoms. The standard InChI is InChI=1S/C8H15N3O/c1-3-5-6-10-7(4-2)8(9)11-12/h1,7,10,12H,4-6H2,2H3,(H2,9,11). The third-order valence-corrected chi connectivity index (χ3v) is 1.54. The van der Waals surface area contributed by atoms with E-state index in [4.69, 9.17) is 17.4 Å². The molecule has 0 fully saturated rings. The molecule has 4 N–H and O–H groups in total. The highest BCUT2D eigenvalue weighted by molar-refractivity contribution is 5.85. The van der Waals surface area contributed by atoms with Gasteiger partial charge < -0.3 is 16.3 Å². The molecule has 4 nitrogen and oxygen atoms in total. The fourth-order valence-electron chi connectivity index (χ4n) is 0.846. The van der Waals surface area contributed by atoms with Crippen molar-refractivity contribution in [2.45, 2.75) is 25.8 Å². The summed E-state index contributed by atoms with van der Waals surface area (Å²) in [6, 6.07) is -0.0802. The Morgan fingerprint density at radius 3 is 2.92 bits per heavy atom. The number of hydrogen-bond acceptors (Lipinski definition) is 3. The minimum atomic E-state index is -0.0802. The molecule has 0 spiro atoms. The molecule has 68 valence electrons. The maximum atomic E-state index is 8.38. The van der Waals surface area contributed by atoms with Crippen LogP contribution in [0.2, 0.25) is 0 Å². The lowest BCUT2D eigenvalue weighted by atomic mass is 10.2. The van der Waals surface area contributed by atoms with Crippen LogP contribution in [0, 0.1) is 12.3 Å². The number of nitrogens with zero attached hydrogens (tertiary/aromatic N) is 1. The van der Waals surface area contributed by atoms with E-state index >= 15 is 0 Å². The monoisotopic (exact) mass is 169 g/mol. The van der Waals surface area contributed by atoms with Crippen molar-refractivity contribution >= 4 is 5.84 Å². The zero-order valence-electron chi connectivity index (χ0n) is 7.25. The smallest absolute Gasteiger partial charge is 0.156 e. The summed E-state index contributed by atoms with van der Waals surface area (Å²) in [5, 5.41) is 14.4. The zero-order chi connectivity index (χ0) is 9.40. The Hall–Kier alpha value is -1.21. The Morgan fingerprint density at radius 1 is 1.83 bits per heavy atom. The van der Waals surface area contributed by atoms with Crippen molar-refractivity contribution in [2.24, 2.45) is 10.9 Å². The van der Waals surface area contributed by atoms with Crippen LogP contribution in [0.4, 0.5) is 0 Å². The summed E-state index contributed by atoms with van der Waals surface area (Å²) in [5.74, 6) is 2.70. The first-order valence-electron chi connectivity index (χ1n) is 3.90. The molecule has 0 saturated carbocycles. The zero-order valence-corrected chi connectivity index (χ0v) is 7.25. The first-order valence-corrected chi connectivity index (χ1v) is 3.90. The molecule has 4 heteroatoms. The van der Waals surface area contributed by atoms with E-state index in [1.165, 1.54) is 0 Å². The summed E-state index contributed by atoms with van der Waals surface area (Å²) in [5.41, 5.74) is 5.40. The van der Waals surface area contributed by atoms with E-state index in [0.29, 0.717) is 13.0 Å². The minimum absolute atomic E-state index is 0.0802. The molecule has 0 aliphatic rings. The van der Waals surface area contributed by atoms with Gasteiger partial charge in [0.05, 0.1) is 6.04 Å². The summed E-state index contributed by atoms with van der Waals surface area (Å²) in [6.07, 6.45) is 6.49. The lowest BCUT2D eigenvalue weighted by Gasteiger charge is -2.13. The van der Waals surface area contributed by atoms with Crippen LogP contribution < -0.4 is 11.1 Å². The van der Waals surface area contributed by atoms with Gasteiger partial charge in [0, 0.05) is 13.0 Å². The van der Waals surface area contributed by atoms with E-state index in [9.17, 15) is 0 Å². The molecule has 0 aromatic rings. The number of amidine groups is 1. The first-order chi connectivity index (χ1) is 5.76. The van der Waals surface area contributed by atoms with Crippen LogP contribution in [-0.4, -0.2) is 23.6 Å². The molecular weight excluding hydrogens is 154 g/mol. The number of nitrogens with one attached hydrogen (secondary N) is 1. The number of nitrogens with two attached hydrogens (primary N) is 1. The molecule has 0 aromatic carbocycles. The fraction of sp³-hybridized carbons (Fsp3) is 0.625. The van der Waals surface area contributed by atoms with Crippen LogP contribution in [0.3, 0.4) is 0 Å². The molecule has 0 aromatic heterocycles. The van der Waals surface area contributed by atoms with Gasteiger partial charge in [0.2, 0.25) is 0 Å². The average molecular weight is 169 g/mol. The van der Waals surface area contributed by atoms with Crippen LogP contribution in [0.1, 0.15) is 19.8 Å². The Bertz CT molecular complexity index is 183. The van der Waals surface area contributed by atoms with Crippen molar-refractivity contribution in [2.75, 3.05) is 6.54 Å². The Balaban J connectivity index is 3.77. The second-order valence-corrected chi connectivity index (χ2v) is 2.39. The molecule has 1 atom stereocenters. The molecular formula is C8H15N3O. The predicted octanol–water partition coefficient (Wildman–Crippen LogP) is 0.124. The van der Waals surface area contributed by atoms with Crippen molar-refractivity contribution in [3.8, 4) is 12.3 Å². The normalized spacial score (nSPS) is 13.8. The second kappa shape index (κ2) is 6.50. The molecule has 12 heavy (non-hydrogen) atoms. The van der Waals surface area contributed by atoms with Gasteiger partial charge in [-0.2, -0.15) is 0 Å². The number of hydrogen-bond donors (Lipinski definition) is 3. The van der Waals surface area contributed by atoms with Gasteiger partial charge in [0.15, 0.2) is 5.84 Å². The highest BCUT2D eigenvalue weighted by atomic mass is 16.4. The molecule has 0 saturated heterocycles. The third-order valence-electron chi connectivity index (χ3n) is 1.54. The molecule has 0 heterocycles. The molecule has 1 unspecified atom stereocenters. The number of terminal acetylenes is 1. The Labute approximate surface area is 72.8 Å². The lowest BCUT2D eigenvalue weighted by Crippen LogP contribution is -2.41. The van der Waals surface area contributed by atoms with Crippen molar-refractivity contribution < 1.29 is 5.21 Å². The highest BCUT2D eigenvalue weighted by Crippen LogP contribution is 1.90. The summed E-state index contributed by atoms with van der Waals surface area (Å²) in [7, 11) is 0. The number of oxime groups is 1. The van der Waals surface area contributed by atoms with E-state index < -0.39 is 0 Å². The van der Waals surface area contributed by atoms with Crippen LogP contribution >= 0.6 is 0 Å². The van der Waals surface area contributed by atoms with Crippen LogP contribution in [-0.2, 0) is 0 Å². The average Bonchev–Trinajstić information content (AvgIpc) is 2.11. The maximum absolute atomic E-state index is 8.38. The molecule has 0 rings (SSSR count). The lowest BCUT2D eigenvalue weighted by molar-refractivity contribution is 0.314. The van der Waals surface area contributed by atoms with Crippen molar-refractivity contribution in [3.05, 3.63) is 0 Å². The van der Waals surface area contributed by atoms with E-state index in [1.54, 1.807) is 0 Å².